The van der Waals surface area contributed by atoms with Gasteiger partial charge in [-0.3, -0.25) is 0 Å². The molecule has 0 aliphatic carbocycles. The van der Waals surface area contributed by atoms with E-state index in [9.17, 15) is 9.50 Å². The topological polar surface area (TPSA) is 52.5 Å². The number of likely N-dealkylation sites (tertiary alicyclic amines) is 1. The molecule has 1 saturated heterocycles. The third-order valence-electron chi connectivity index (χ3n) is 4.71. The van der Waals surface area contributed by atoms with Crippen molar-refractivity contribution in [3.8, 4) is 17.0 Å². The van der Waals surface area contributed by atoms with Gasteiger partial charge >= 0.3 is 0 Å². The van der Waals surface area contributed by atoms with E-state index in [4.69, 9.17) is 0 Å². The lowest BCUT2D eigenvalue weighted by Gasteiger charge is -2.36. The van der Waals surface area contributed by atoms with Gasteiger partial charge in [0, 0.05) is 31.3 Å². The van der Waals surface area contributed by atoms with Gasteiger partial charge in [0.2, 0.25) is 0 Å². The van der Waals surface area contributed by atoms with Crippen LogP contribution in [0.3, 0.4) is 0 Å². The molecule has 5 nitrogen and oxygen atoms in total. The van der Waals surface area contributed by atoms with Crippen molar-refractivity contribution >= 4 is 5.82 Å². The fourth-order valence-corrected chi connectivity index (χ4v) is 3.18. The van der Waals surface area contributed by atoms with Gasteiger partial charge in [0.15, 0.2) is 5.82 Å². The summed E-state index contributed by atoms with van der Waals surface area (Å²) in [6, 6.07) is 6.84. The molecule has 0 bridgehead atoms. The summed E-state index contributed by atoms with van der Waals surface area (Å²) in [5, 5.41) is 18.5. The molecule has 0 saturated carbocycles. The monoisotopic (exact) mass is 330 g/mol. The number of hydrogen-bond donors (Lipinski definition) is 1. The van der Waals surface area contributed by atoms with Crippen molar-refractivity contribution in [3.63, 3.8) is 0 Å². The molecule has 2 aromatic rings. The molecule has 0 radical (unpaired) electrons. The fraction of sp³-hybridized carbons (Fsp3) is 0.444. The van der Waals surface area contributed by atoms with Gasteiger partial charge in [0.25, 0.3) is 0 Å². The third-order valence-corrected chi connectivity index (χ3v) is 4.71. The maximum atomic E-state index is 13.5. The van der Waals surface area contributed by atoms with Gasteiger partial charge in [-0.05, 0) is 57.1 Å². The number of phenolic OH excluding ortho intramolecular Hbond substituents is 1. The van der Waals surface area contributed by atoms with E-state index >= 15 is 0 Å². The number of aryl methyl sites for hydroxylation is 1. The molecule has 24 heavy (non-hydrogen) atoms. The minimum atomic E-state index is -0.429. The lowest BCUT2D eigenvalue weighted by molar-refractivity contribution is 0.247. The Labute approximate surface area is 141 Å². The number of piperidine rings is 1. The standard InChI is InChI=1S/C18H23FN4O/c1-12-9-14(17(24)10-15(12)19)16-6-7-18(21-20-16)23(3)13-5-4-8-22(2)11-13/h6-7,9-10,13,24H,4-5,8,11H2,1-3H3/t13-/m1/s1. The van der Waals surface area contributed by atoms with Gasteiger partial charge in [-0.2, -0.15) is 0 Å². The first-order valence-electron chi connectivity index (χ1n) is 8.20. The Morgan fingerprint density at radius 1 is 1.29 bits per heavy atom. The van der Waals surface area contributed by atoms with Gasteiger partial charge < -0.3 is 14.9 Å². The molecule has 1 aliphatic heterocycles. The summed E-state index contributed by atoms with van der Waals surface area (Å²) >= 11 is 0. The smallest absolute Gasteiger partial charge is 0.151 e. The maximum absolute atomic E-state index is 13.5. The number of benzene rings is 1. The van der Waals surface area contributed by atoms with Crippen molar-refractivity contribution in [2.45, 2.75) is 25.8 Å². The number of phenols is 1. The van der Waals surface area contributed by atoms with Gasteiger partial charge in [0.1, 0.15) is 11.6 Å². The summed E-state index contributed by atoms with van der Waals surface area (Å²) in [5.41, 5.74) is 1.50. The molecular formula is C18H23FN4O. The first-order valence-corrected chi connectivity index (χ1v) is 8.20. The normalized spacial score (nSPS) is 18.6. The highest BCUT2D eigenvalue weighted by Gasteiger charge is 2.22. The average Bonchev–Trinajstić information content (AvgIpc) is 2.58. The molecule has 1 aromatic carbocycles. The van der Waals surface area contributed by atoms with Crippen LogP contribution in [-0.2, 0) is 0 Å². The molecule has 1 atom stereocenters. The van der Waals surface area contributed by atoms with Crippen LogP contribution in [0.4, 0.5) is 10.2 Å². The predicted molar refractivity (Wildman–Crippen MR) is 92.7 cm³/mol. The second-order valence-corrected chi connectivity index (χ2v) is 6.56. The summed E-state index contributed by atoms with van der Waals surface area (Å²) in [6.45, 7) is 3.81. The van der Waals surface area contributed by atoms with Crippen LogP contribution in [0.1, 0.15) is 18.4 Å². The fourth-order valence-electron chi connectivity index (χ4n) is 3.18. The van der Waals surface area contributed by atoms with Crippen molar-refractivity contribution in [1.82, 2.24) is 15.1 Å². The number of anilines is 1. The number of halogens is 1. The molecule has 2 heterocycles. The summed E-state index contributed by atoms with van der Waals surface area (Å²) in [5.74, 6) is 0.252. The average molecular weight is 330 g/mol. The van der Waals surface area contributed by atoms with E-state index in [1.165, 1.54) is 6.42 Å². The van der Waals surface area contributed by atoms with Crippen LogP contribution < -0.4 is 4.90 Å². The number of nitrogens with zero attached hydrogens (tertiary/aromatic N) is 4. The van der Waals surface area contributed by atoms with Gasteiger partial charge in [-0.1, -0.05) is 0 Å². The lowest BCUT2D eigenvalue weighted by Crippen LogP contribution is -2.45. The van der Waals surface area contributed by atoms with Crippen LogP contribution in [0.25, 0.3) is 11.3 Å². The molecule has 0 spiro atoms. The van der Waals surface area contributed by atoms with Crippen LogP contribution in [-0.4, -0.2) is 53.4 Å². The first kappa shape index (κ1) is 16.6. The molecular weight excluding hydrogens is 307 g/mol. The highest BCUT2D eigenvalue weighted by Crippen LogP contribution is 2.30. The lowest BCUT2D eigenvalue weighted by atomic mass is 10.0. The first-order chi connectivity index (χ1) is 11.5. The van der Waals surface area contributed by atoms with Crippen LogP contribution in [0.5, 0.6) is 5.75 Å². The van der Waals surface area contributed by atoms with E-state index in [2.05, 4.69) is 27.0 Å². The maximum Gasteiger partial charge on any atom is 0.151 e. The summed E-state index contributed by atoms with van der Waals surface area (Å²) in [4.78, 5) is 4.48. The van der Waals surface area contributed by atoms with E-state index < -0.39 is 5.82 Å². The molecule has 0 unspecified atom stereocenters. The number of aromatic nitrogens is 2. The Bertz CT molecular complexity index is 720. The van der Waals surface area contributed by atoms with E-state index in [-0.39, 0.29) is 5.75 Å². The second-order valence-electron chi connectivity index (χ2n) is 6.56. The SMILES string of the molecule is Cc1cc(-c2ccc(N(C)[C@@H]3CCCN(C)C3)nn2)c(O)cc1F. The zero-order valence-corrected chi connectivity index (χ0v) is 14.3. The largest absolute Gasteiger partial charge is 0.507 e. The number of hydrogen-bond acceptors (Lipinski definition) is 5. The Morgan fingerprint density at radius 3 is 2.75 bits per heavy atom. The third kappa shape index (κ3) is 3.33. The van der Waals surface area contributed by atoms with Crippen LogP contribution >= 0.6 is 0 Å². The van der Waals surface area contributed by atoms with E-state index in [1.807, 2.05) is 19.2 Å². The minimum Gasteiger partial charge on any atom is -0.507 e. The molecule has 1 aliphatic rings. The van der Waals surface area contributed by atoms with Gasteiger partial charge in [-0.15, -0.1) is 10.2 Å². The minimum absolute atomic E-state index is 0.123. The molecule has 1 fully saturated rings. The summed E-state index contributed by atoms with van der Waals surface area (Å²) in [7, 11) is 4.17. The molecule has 3 rings (SSSR count). The zero-order chi connectivity index (χ0) is 17.3. The predicted octanol–water partition coefficient (Wildman–Crippen LogP) is 2.83. The Hall–Kier alpha value is -2.21. The van der Waals surface area contributed by atoms with Crippen LogP contribution in [0.15, 0.2) is 24.3 Å². The van der Waals surface area contributed by atoms with E-state index in [0.717, 1.165) is 31.4 Å². The molecule has 0 amide bonds. The van der Waals surface area contributed by atoms with Gasteiger partial charge in [0.05, 0.1) is 5.69 Å². The Balaban J connectivity index is 1.82. The van der Waals surface area contributed by atoms with Crippen molar-refractivity contribution in [2.24, 2.45) is 0 Å². The summed E-state index contributed by atoms with van der Waals surface area (Å²) in [6.07, 6.45) is 2.32. The van der Waals surface area contributed by atoms with Crippen LogP contribution in [0, 0.1) is 12.7 Å². The van der Waals surface area contributed by atoms with Crippen LogP contribution in [0.2, 0.25) is 0 Å². The van der Waals surface area contributed by atoms with Crippen molar-refractivity contribution < 1.29 is 9.50 Å². The Kier molecular flexibility index (Phi) is 4.66. The van der Waals surface area contributed by atoms with Gasteiger partial charge in [-0.25, -0.2) is 4.39 Å². The quantitative estimate of drug-likeness (QED) is 0.938. The Morgan fingerprint density at radius 2 is 2.08 bits per heavy atom. The zero-order valence-electron chi connectivity index (χ0n) is 14.3. The molecule has 128 valence electrons. The van der Waals surface area contributed by atoms with Crippen molar-refractivity contribution in [1.29, 1.82) is 0 Å². The molecule has 6 heteroatoms. The van der Waals surface area contributed by atoms with E-state index in [1.54, 1.807) is 13.0 Å². The van der Waals surface area contributed by atoms with Crippen molar-refractivity contribution in [2.75, 3.05) is 32.1 Å². The van der Waals surface area contributed by atoms with E-state index in [0.29, 0.717) is 22.9 Å². The molecule has 1 aromatic heterocycles. The summed E-state index contributed by atoms with van der Waals surface area (Å²) < 4.78 is 13.5. The second kappa shape index (κ2) is 6.73. The van der Waals surface area contributed by atoms with Crippen molar-refractivity contribution in [3.05, 3.63) is 35.6 Å². The number of likely N-dealkylation sites (N-methyl/N-ethyl adjacent to an activating group) is 2. The molecule has 1 N–H and O–H groups in total. The number of rotatable bonds is 3. The number of aromatic hydroxyl groups is 1. The highest BCUT2D eigenvalue weighted by molar-refractivity contribution is 5.68. The highest BCUT2D eigenvalue weighted by atomic mass is 19.1.